The van der Waals surface area contributed by atoms with Crippen LogP contribution in [0.5, 0.6) is 0 Å². The van der Waals surface area contributed by atoms with Gasteiger partial charge in [-0.25, -0.2) is 0 Å². The number of nitrogens with one attached hydrogen (secondary N) is 1. The van der Waals surface area contributed by atoms with Crippen LogP contribution in [0.3, 0.4) is 0 Å². The summed E-state index contributed by atoms with van der Waals surface area (Å²) in [6.07, 6.45) is 1.23. The summed E-state index contributed by atoms with van der Waals surface area (Å²) in [4.78, 5) is 13.4. The van der Waals surface area contributed by atoms with Crippen LogP contribution >= 0.6 is 11.6 Å². The Morgan fingerprint density at radius 2 is 1.94 bits per heavy atom. The highest BCUT2D eigenvalue weighted by atomic mass is 35.5. The standard InChI is InChI=1S/C13H19ClN2O/c1-16(2)12-7-5-11(6-8-12)10-15-13(17)4-3-9-14/h5-8H,3-4,9-10H2,1-2H3,(H,15,17). The molecule has 3 nitrogen and oxygen atoms in total. The van der Waals surface area contributed by atoms with Gasteiger partial charge in [-0.15, -0.1) is 11.6 Å². The summed E-state index contributed by atoms with van der Waals surface area (Å²) in [5, 5.41) is 2.87. The van der Waals surface area contributed by atoms with Crippen molar-refractivity contribution in [3.8, 4) is 0 Å². The number of hydrogen-bond acceptors (Lipinski definition) is 2. The maximum absolute atomic E-state index is 11.4. The fourth-order valence-electron chi connectivity index (χ4n) is 1.43. The van der Waals surface area contributed by atoms with E-state index in [4.69, 9.17) is 11.6 Å². The van der Waals surface area contributed by atoms with Crippen LogP contribution in [-0.2, 0) is 11.3 Å². The summed E-state index contributed by atoms with van der Waals surface area (Å²) < 4.78 is 0. The SMILES string of the molecule is CN(C)c1ccc(CNC(=O)CCCCl)cc1. The second-order valence-corrected chi connectivity index (χ2v) is 4.51. The van der Waals surface area contributed by atoms with E-state index in [1.165, 1.54) is 0 Å². The highest BCUT2D eigenvalue weighted by Gasteiger charge is 2.01. The summed E-state index contributed by atoms with van der Waals surface area (Å²) in [6, 6.07) is 8.13. The predicted molar refractivity (Wildman–Crippen MR) is 72.6 cm³/mol. The summed E-state index contributed by atoms with van der Waals surface area (Å²) in [7, 11) is 4.01. The molecule has 0 saturated heterocycles. The summed E-state index contributed by atoms with van der Waals surface area (Å²) in [6.45, 7) is 0.578. The minimum Gasteiger partial charge on any atom is -0.378 e. The van der Waals surface area contributed by atoms with Gasteiger partial charge in [-0.2, -0.15) is 0 Å². The van der Waals surface area contributed by atoms with E-state index in [1.807, 2.05) is 43.3 Å². The molecule has 0 bridgehead atoms. The minimum atomic E-state index is 0.0577. The molecule has 0 heterocycles. The second kappa shape index (κ2) is 7.17. The average molecular weight is 255 g/mol. The van der Waals surface area contributed by atoms with Crippen LogP contribution in [0.15, 0.2) is 24.3 Å². The van der Waals surface area contributed by atoms with Crippen LogP contribution < -0.4 is 10.2 Å². The van der Waals surface area contributed by atoms with Crippen molar-refractivity contribution in [2.75, 3.05) is 24.9 Å². The van der Waals surface area contributed by atoms with Gasteiger partial charge in [-0.3, -0.25) is 4.79 Å². The fraction of sp³-hybridized carbons (Fsp3) is 0.462. The van der Waals surface area contributed by atoms with Gasteiger partial charge in [0.15, 0.2) is 0 Å². The van der Waals surface area contributed by atoms with Crippen molar-refractivity contribution in [1.29, 1.82) is 0 Å². The van der Waals surface area contributed by atoms with Crippen LogP contribution in [0.25, 0.3) is 0 Å². The first-order valence-electron chi connectivity index (χ1n) is 5.72. The van der Waals surface area contributed by atoms with Crippen molar-refractivity contribution in [3.63, 3.8) is 0 Å². The molecule has 1 rings (SSSR count). The smallest absolute Gasteiger partial charge is 0.220 e. The van der Waals surface area contributed by atoms with E-state index in [0.29, 0.717) is 18.8 Å². The summed E-state index contributed by atoms with van der Waals surface area (Å²) in [5.41, 5.74) is 2.26. The van der Waals surface area contributed by atoms with Gasteiger partial charge in [0.25, 0.3) is 0 Å². The Labute approximate surface area is 108 Å². The monoisotopic (exact) mass is 254 g/mol. The molecule has 17 heavy (non-hydrogen) atoms. The van der Waals surface area contributed by atoms with Crippen LogP contribution in [-0.4, -0.2) is 25.9 Å². The van der Waals surface area contributed by atoms with Crippen molar-refractivity contribution < 1.29 is 4.79 Å². The number of halogens is 1. The maximum atomic E-state index is 11.4. The molecule has 94 valence electrons. The van der Waals surface area contributed by atoms with E-state index in [1.54, 1.807) is 0 Å². The molecule has 0 aliphatic heterocycles. The quantitative estimate of drug-likeness (QED) is 0.791. The molecule has 0 aliphatic rings. The largest absolute Gasteiger partial charge is 0.378 e. The Bertz CT molecular complexity index is 349. The van der Waals surface area contributed by atoms with E-state index in [9.17, 15) is 4.79 Å². The molecule has 0 fully saturated rings. The Balaban J connectivity index is 2.39. The van der Waals surface area contributed by atoms with Crippen LogP contribution in [0, 0.1) is 0 Å². The minimum absolute atomic E-state index is 0.0577. The Morgan fingerprint density at radius 3 is 2.47 bits per heavy atom. The van der Waals surface area contributed by atoms with E-state index < -0.39 is 0 Å². The number of rotatable bonds is 6. The highest BCUT2D eigenvalue weighted by molar-refractivity contribution is 6.17. The molecular formula is C13H19ClN2O. The van der Waals surface area contributed by atoms with E-state index in [0.717, 1.165) is 17.7 Å². The molecule has 4 heteroatoms. The van der Waals surface area contributed by atoms with Crippen LogP contribution in [0.4, 0.5) is 5.69 Å². The molecule has 0 radical (unpaired) electrons. The molecule has 1 aromatic carbocycles. The zero-order valence-corrected chi connectivity index (χ0v) is 11.1. The molecule has 0 aromatic heterocycles. The number of amides is 1. The normalized spacial score (nSPS) is 10.1. The predicted octanol–water partition coefficient (Wildman–Crippen LogP) is 2.39. The highest BCUT2D eigenvalue weighted by Crippen LogP contribution is 2.11. The Morgan fingerprint density at radius 1 is 1.29 bits per heavy atom. The van der Waals surface area contributed by atoms with Crippen molar-refractivity contribution in [2.45, 2.75) is 19.4 Å². The van der Waals surface area contributed by atoms with E-state index in [-0.39, 0.29) is 5.91 Å². The van der Waals surface area contributed by atoms with Gasteiger partial charge < -0.3 is 10.2 Å². The zero-order chi connectivity index (χ0) is 12.7. The third-order valence-electron chi connectivity index (χ3n) is 2.48. The number of hydrogen-bond donors (Lipinski definition) is 1. The molecule has 1 aromatic rings. The molecule has 0 atom stereocenters. The molecule has 1 amide bonds. The lowest BCUT2D eigenvalue weighted by atomic mass is 10.2. The molecule has 0 aliphatic carbocycles. The number of benzene rings is 1. The third kappa shape index (κ3) is 5.09. The van der Waals surface area contributed by atoms with Crippen LogP contribution in [0.1, 0.15) is 18.4 Å². The zero-order valence-electron chi connectivity index (χ0n) is 10.4. The molecule has 0 saturated carbocycles. The van der Waals surface area contributed by atoms with Crippen molar-refractivity contribution in [3.05, 3.63) is 29.8 Å². The second-order valence-electron chi connectivity index (χ2n) is 4.13. The lowest BCUT2D eigenvalue weighted by molar-refractivity contribution is -0.121. The first kappa shape index (κ1) is 13.8. The van der Waals surface area contributed by atoms with Gasteiger partial charge in [0.1, 0.15) is 0 Å². The van der Waals surface area contributed by atoms with Crippen molar-refractivity contribution in [2.24, 2.45) is 0 Å². The number of anilines is 1. The van der Waals surface area contributed by atoms with Crippen molar-refractivity contribution >= 4 is 23.2 Å². The maximum Gasteiger partial charge on any atom is 0.220 e. The Hall–Kier alpha value is -1.22. The van der Waals surface area contributed by atoms with Crippen molar-refractivity contribution in [1.82, 2.24) is 5.32 Å². The average Bonchev–Trinajstić information content (AvgIpc) is 2.34. The van der Waals surface area contributed by atoms with E-state index >= 15 is 0 Å². The fourth-order valence-corrected chi connectivity index (χ4v) is 1.56. The lowest BCUT2D eigenvalue weighted by Crippen LogP contribution is -2.22. The Kier molecular flexibility index (Phi) is 5.84. The van der Waals surface area contributed by atoms with Gasteiger partial charge in [0.05, 0.1) is 0 Å². The summed E-state index contributed by atoms with van der Waals surface area (Å²) >= 11 is 5.53. The van der Waals surface area contributed by atoms with Gasteiger partial charge in [0, 0.05) is 38.6 Å². The number of carbonyl (C=O) groups excluding carboxylic acids is 1. The van der Waals surface area contributed by atoms with Gasteiger partial charge >= 0.3 is 0 Å². The van der Waals surface area contributed by atoms with Crippen LogP contribution in [0.2, 0.25) is 0 Å². The molecule has 0 spiro atoms. The molecule has 0 unspecified atom stereocenters. The lowest BCUT2D eigenvalue weighted by Gasteiger charge is -2.12. The number of carbonyl (C=O) groups is 1. The summed E-state index contributed by atoms with van der Waals surface area (Å²) in [5.74, 6) is 0.590. The van der Waals surface area contributed by atoms with Gasteiger partial charge in [0.2, 0.25) is 5.91 Å². The molecule has 1 N–H and O–H groups in total. The molecular weight excluding hydrogens is 236 g/mol. The topological polar surface area (TPSA) is 32.3 Å². The first-order valence-corrected chi connectivity index (χ1v) is 6.26. The number of nitrogens with zero attached hydrogens (tertiary/aromatic N) is 1. The first-order chi connectivity index (χ1) is 8.13. The van der Waals surface area contributed by atoms with E-state index in [2.05, 4.69) is 5.32 Å². The van der Waals surface area contributed by atoms with Gasteiger partial charge in [-0.05, 0) is 24.1 Å². The number of alkyl halides is 1. The van der Waals surface area contributed by atoms with Gasteiger partial charge in [-0.1, -0.05) is 12.1 Å². The third-order valence-corrected chi connectivity index (χ3v) is 2.75.